The van der Waals surface area contributed by atoms with Crippen LogP contribution in [0.4, 0.5) is 4.39 Å². The zero-order valence-corrected chi connectivity index (χ0v) is 14.0. The first-order valence-corrected chi connectivity index (χ1v) is 9.06. The van der Waals surface area contributed by atoms with Gasteiger partial charge in [0, 0.05) is 19.2 Å². The van der Waals surface area contributed by atoms with Crippen molar-refractivity contribution in [2.45, 2.75) is 4.90 Å². The van der Waals surface area contributed by atoms with Gasteiger partial charge < -0.3 is 9.47 Å². The number of carbonyl (C=O) groups excluding carboxylic acids is 1. The number of morpholine rings is 1. The van der Waals surface area contributed by atoms with E-state index in [9.17, 15) is 17.6 Å². The van der Waals surface area contributed by atoms with E-state index in [0.717, 1.165) is 6.07 Å². The molecule has 0 aliphatic carbocycles. The van der Waals surface area contributed by atoms with E-state index in [-0.39, 0.29) is 16.2 Å². The first-order chi connectivity index (χ1) is 12.0. The summed E-state index contributed by atoms with van der Waals surface area (Å²) in [5.41, 5.74) is 0.171. The van der Waals surface area contributed by atoms with Crippen LogP contribution in [0.1, 0.15) is 10.4 Å². The van der Waals surface area contributed by atoms with Gasteiger partial charge in [-0.15, -0.1) is 0 Å². The summed E-state index contributed by atoms with van der Waals surface area (Å²) in [6.45, 7) is 1.31. The van der Waals surface area contributed by atoms with Crippen molar-refractivity contribution in [2.24, 2.45) is 0 Å². The third-order valence-corrected chi connectivity index (χ3v) is 5.62. The lowest BCUT2D eigenvalue weighted by Gasteiger charge is -2.26. The van der Waals surface area contributed by atoms with Crippen LogP contribution in [0.25, 0.3) is 0 Å². The van der Waals surface area contributed by atoms with Crippen LogP contribution in [-0.2, 0) is 14.8 Å². The molecule has 0 atom stereocenters. The highest BCUT2D eigenvalue weighted by Gasteiger charge is 2.26. The Balaban J connectivity index is 1.74. The zero-order chi connectivity index (χ0) is 17.9. The third kappa shape index (κ3) is 4.04. The second-order valence-corrected chi connectivity index (χ2v) is 7.33. The lowest BCUT2D eigenvalue weighted by atomic mass is 10.2. The van der Waals surface area contributed by atoms with Gasteiger partial charge in [-0.05, 0) is 36.4 Å². The van der Waals surface area contributed by atoms with Gasteiger partial charge in [0.05, 0.1) is 23.7 Å². The topological polar surface area (TPSA) is 72.9 Å². The Morgan fingerprint density at radius 1 is 1.08 bits per heavy atom. The summed E-state index contributed by atoms with van der Waals surface area (Å²) < 4.78 is 49.7. The summed E-state index contributed by atoms with van der Waals surface area (Å²) in [6.07, 6.45) is 0. The minimum absolute atomic E-state index is 0.0787. The Morgan fingerprint density at radius 2 is 1.76 bits per heavy atom. The monoisotopic (exact) mass is 365 g/mol. The molecule has 8 heteroatoms. The second-order valence-electron chi connectivity index (χ2n) is 5.39. The predicted octanol–water partition coefficient (Wildman–Crippen LogP) is 2.07. The lowest BCUT2D eigenvalue weighted by molar-refractivity contribution is 0.0730. The van der Waals surface area contributed by atoms with Gasteiger partial charge in [0.15, 0.2) is 0 Å². The van der Waals surface area contributed by atoms with Crippen LogP contribution in [0.3, 0.4) is 0 Å². The Bertz CT molecular complexity index is 861. The SMILES string of the molecule is O=C(Oc1cccc(F)c1)c1ccc(S(=O)(=O)N2CCOCC2)cc1. The number of hydrogen-bond donors (Lipinski definition) is 0. The molecular weight excluding hydrogens is 349 g/mol. The molecule has 1 fully saturated rings. The molecule has 3 rings (SSSR count). The van der Waals surface area contributed by atoms with Gasteiger partial charge in [-0.3, -0.25) is 0 Å². The fraction of sp³-hybridized carbons (Fsp3) is 0.235. The van der Waals surface area contributed by atoms with Crippen molar-refractivity contribution in [3.8, 4) is 5.75 Å². The third-order valence-electron chi connectivity index (χ3n) is 3.70. The van der Waals surface area contributed by atoms with Gasteiger partial charge >= 0.3 is 5.97 Å². The number of carbonyl (C=O) groups is 1. The van der Waals surface area contributed by atoms with Gasteiger partial charge in [0.1, 0.15) is 11.6 Å². The number of rotatable bonds is 4. The molecule has 1 saturated heterocycles. The van der Waals surface area contributed by atoms with Crippen molar-refractivity contribution in [1.29, 1.82) is 0 Å². The Morgan fingerprint density at radius 3 is 2.40 bits per heavy atom. The minimum Gasteiger partial charge on any atom is -0.423 e. The second kappa shape index (κ2) is 7.30. The molecule has 1 aliphatic heterocycles. The molecule has 2 aromatic carbocycles. The van der Waals surface area contributed by atoms with Gasteiger partial charge in [-0.25, -0.2) is 17.6 Å². The highest BCUT2D eigenvalue weighted by Crippen LogP contribution is 2.19. The Hall–Kier alpha value is -2.29. The van der Waals surface area contributed by atoms with Crippen LogP contribution in [0.2, 0.25) is 0 Å². The molecule has 0 radical (unpaired) electrons. The molecule has 0 aromatic heterocycles. The predicted molar refractivity (Wildman–Crippen MR) is 87.4 cm³/mol. The summed E-state index contributed by atoms with van der Waals surface area (Å²) in [7, 11) is -3.62. The van der Waals surface area contributed by atoms with Crippen LogP contribution in [0, 0.1) is 5.82 Å². The number of halogens is 1. The molecule has 1 heterocycles. The van der Waals surface area contributed by atoms with E-state index in [1.54, 1.807) is 0 Å². The molecule has 2 aromatic rings. The lowest BCUT2D eigenvalue weighted by Crippen LogP contribution is -2.40. The van der Waals surface area contributed by atoms with Crippen molar-refractivity contribution >= 4 is 16.0 Å². The van der Waals surface area contributed by atoms with Gasteiger partial charge in [0.25, 0.3) is 0 Å². The summed E-state index contributed by atoms with van der Waals surface area (Å²) in [5, 5.41) is 0. The van der Waals surface area contributed by atoms with Crippen molar-refractivity contribution in [3.05, 3.63) is 59.9 Å². The fourth-order valence-electron chi connectivity index (χ4n) is 2.40. The molecule has 0 amide bonds. The summed E-state index contributed by atoms with van der Waals surface area (Å²) >= 11 is 0. The molecule has 132 valence electrons. The van der Waals surface area contributed by atoms with Crippen LogP contribution in [0.15, 0.2) is 53.4 Å². The maximum absolute atomic E-state index is 13.1. The minimum atomic E-state index is -3.62. The molecule has 0 bridgehead atoms. The van der Waals surface area contributed by atoms with E-state index in [1.165, 1.54) is 46.8 Å². The van der Waals surface area contributed by atoms with Gasteiger partial charge in [-0.2, -0.15) is 4.31 Å². The first-order valence-electron chi connectivity index (χ1n) is 7.62. The standard InChI is InChI=1S/C17H16FNO5S/c18-14-2-1-3-15(12-14)24-17(20)13-4-6-16(7-5-13)25(21,22)19-8-10-23-11-9-19/h1-7,12H,8-11H2. The van der Waals surface area contributed by atoms with E-state index in [4.69, 9.17) is 9.47 Å². The zero-order valence-electron chi connectivity index (χ0n) is 13.2. The van der Waals surface area contributed by atoms with E-state index in [1.807, 2.05) is 0 Å². The smallest absolute Gasteiger partial charge is 0.343 e. The highest BCUT2D eigenvalue weighted by molar-refractivity contribution is 7.89. The van der Waals surface area contributed by atoms with Gasteiger partial charge in [-0.1, -0.05) is 6.07 Å². The van der Waals surface area contributed by atoms with Crippen LogP contribution in [0.5, 0.6) is 5.75 Å². The van der Waals surface area contributed by atoms with Crippen LogP contribution < -0.4 is 4.74 Å². The number of benzene rings is 2. The number of hydrogen-bond acceptors (Lipinski definition) is 5. The fourth-order valence-corrected chi connectivity index (χ4v) is 3.80. The van der Waals surface area contributed by atoms with Crippen molar-refractivity contribution in [2.75, 3.05) is 26.3 Å². The Labute approximate surface area is 144 Å². The van der Waals surface area contributed by atoms with Crippen LogP contribution in [-0.4, -0.2) is 45.0 Å². The van der Waals surface area contributed by atoms with Crippen LogP contribution >= 0.6 is 0 Å². The van der Waals surface area contributed by atoms with E-state index in [0.29, 0.717) is 26.3 Å². The van der Waals surface area contributed by atoms with Crippen molar-refractivity contribution in [3.63, 3.8) is 0 Å². The highest BCUT2D eigenvalue weighted by atomic mass is 32.2. The quantitative estimate of drug-likeness (QED) is 0.613. The number of nitrogens with zero attached hydrogens (tertiary/aromatic N) is 1. The van der Waals surface area contributed by atoms with E-state index < -0.39 is 21.8 Å². The summed E-state index contributed by atoms with van der Waals surface area (Å²) in [5.74, 6) is -1.13. The normalized spacial score (nSPS) is 15.7. The van der Waals surface area contributed by atoms with E-state index >= 15 is 0 Å². The van der Waals surface area contributed by atoms with E-state index in [2.05, 4.69) is 0 Å². The molecular formula is C17H16FNO5S. The number of sulfonamides is 1. The maximum Gasteiger partial charge on any atom is 0.343 e. The van der Waals surface area contributed by atoms with Crippen molar-refractivity contribution in [1.82, 2.24) is 4.31 Å². The average Bonchev–Trinajstić information content (AvgIpc) is 2.62. The molecule has 6 nitrogen and oxygen atoms in total. The maximum atomic E-state index is 13.1. The largest absolute Gasteiger partial charge is 0.423 e. The van der Waals surface area contributed by atoms with Gasteiger partial charge in [0.2, 0.25) is 10.0 Å². The molecule has 1 aliphatic rings. The summed E-state index contributed by atoms with van der Waals surface area (Å²) in [6, 6.07) is 10.7. The first kappa shape index (κ1) is 17.5. The van der Waals surface area contributed by atoms with Crippen molar-refractivity contribution < 1.29 is 27.1 Å². The number of esters is 1. The molecule has 0 unspecified atom stereocenters. The summed E-state index contributed by atoms with van der Waals surface area (Å²) in [4.78, 5) is 12.2. The Kier molecular flexibility index (Phi) is 5.12. The molecule has 25 heavy (non-hydrogen) atoms. The molecule has 0 N–H and O–H groups in total. The molecule has 0 saturated carbocycles. The molecule has 0 spiro atoms. The number of ether oxygens (including phenoxy) is 2. The average molecular weight is 365 g/mol.